The second-order valence-corrected chi connectivity index (χ2v) is 5.06. The standard InChI is InChI=1S/C17H18F2N2O3/c1-10(11-4-6-13(18)14(19)8-11)20-17(22)21-12-5-7-15(23-2)16(9-12)24-3/h4-10H,1-3H3,(H2,20,21,22)/t10-/m0/s1. The molecular formula is C17H18F2N2O3. The third kappa shape index (κ3) is 4.13. The second kappa shape index (κ2) is 7.63. The van der Waals surface area contributed by atoms with Gasteiger partial charge in [-0.25, -0.2) is 13.6 Å². The number of halogens is 2. The van der Waals surface area contributed by atoms with Crippen molar-refractivity contribution in [2.24, 2.45) is 0 Å². The summed E-state index contributed by atoms with van der Waals surface area (Å²) in [5, 5.41) is 5.29. The van der Waals surface area contributed by atoms with Crippen molar-refractivity contribution in [2.45, 2.75) is 13.0 Å². The number of benzene rings is 2. The van der Waals surface area contributed by atoms with Gasteiger partial charge in [0.15, 0.2) is 23.1 Å². The van der Waals surface area contributed by atoms with Gasteiger partial charge in [-0.1, -0.05) is 6.07 Å². The van der Waals surface area contributed by atoms with Gasteiger partial charge in [-0.15, -0.1) is 0 Å². The molecule has 1 atom stereocenters. The molecule has 0 fully saturated rings. The number of amides is 2. The Balaban J connectivity index is 2.03. The molecule has 2 aromatic carbocycles. The fourth-order valence-electron chi connectivity index (χ4n) is 2.14. The average molecular weight is 336 g/mol. The molecule has 0 aliphatic carbocycles. The molecule has 0 unspecified atom stereocenters. The molecule has 24 heavy (non-hydrogen) atoms. The third-order valence-electron chi connectivity index (χ3n) is 3.43. The van der Waals surface area contributed by atoms with E-state index in [0.29, 0.717) is 22.7 Å². The lowest BCUT2D eigenvalue weighted by molar-refractivity contribution is 0.249. The molecule has 128 valence electrons. The normalized spacial score (nSPS) is 11.5. The minimum absolute atomic E-state index is 0.455. The van der Waals surface area contributed by atoms with Gasteiger partial charge in [-0.05, 0) is 36.8 Å². The Labute approximate surface area is 138 Å². The Hall–Kier alpha value is -2.83. The Kier molecular flexibility index (Phi) is 5.57. The zero-order valence-electron chi connectivity index (χ0n) is 13.5. The zero-order valence-corrected chi connectivity index (χ0v) is 13.5. The highest BCUT2D eigenvalue weighted by Gasteiger charge is 2.13. The summed E-state index contributed by atoms with van der Waals surface area (Å²) in [6.45, 7) is 1.67. The summed E-state index contributed by atoms with van der Waals surface area (Å²) in [5.41, 5.74) is 0.957. The van der Waals surface area contributed by atoms with Crippen molar-refractivity contribution in [3.05, 3.63) is 53.6 Å². The van der Waals surface area contributed by atoms with E-state index in [9.17, 15) is 13.6 Å². The number of carbonyl (C=O) groups is 1. The predicted octanol–water partition coefficient (Wildman–Crippen LogP) is 3.86. The van der Waals surface area contributed by atoms with Crippen LogP contribution in [-0.2, 0) is 0 Å². The molecule has 0 heterocycles. The summed E-state index contributed by atoms with van der Waals surface area (Å²) in [6.07, 6.45) is 0. The van der Waals surface area contributed by atoms with Crippen molar-refractivity contribution in [2.75, 3.05) is 19.5 Å². The number of hydrogen-bond acceptors (Lipinski definition) is 3. The van der Waals surface area contributed by atoms with Gasteiger partial charge in [-0.2, -0.15) is 0 Å². The highest BCUT2D eigenvalue weighted by molar-refractivity contribution is 5.89. The van der Waals surface area contributed by atoms with E-state index in [4.69, 9.17) is 9.47 Å². The van der Waals surface area contributed by atoms with E-state index in [0.717, 1.165) is 12.1 Å². The van der Waals surface area contributed by atoms with Crippen molar-refractivity contribution < 1.29 is 23.0 Å². The van der Waals surface area contributed by atoms with Crippen LogP contribution in [0.25, 0.3) is 0 Å². The van der Waals surface area contributed by atoms with Gasteiger partial charge in [0.25, 0.3) is 0 Å². The van der Waals surface area contributed by atoms with Crippen LogP contribution in [0.4, 0.5) is 19.3 Å². The molecule has 0 saturated heterocycles. The highest BCUT2D eigenvalue weighted by atomic mass is 19.2. The number of ether oxygens (including phenoxy) is 2. The number of hydrogen-bond donors (Lipinski definition) is 2. The number of carbonyl (C=O) groups excluding carboxylic acids is 1. The van der Waals surface area contributed by atoms with Crippen LogP contribution < -0.4 is 20.1 Å². The van der Waals surface area contributed by atoms with Crippen LogP contribution >= 0.6 is 0 Å². The van der Waals surface area contributed by atoms with Gasteiger partial charge >= 0.3 is 6.03 Å². The first-order chi connectivity index (χ1) is 11.4. The first kappa shape index (κ1) is 17.5. The van der Waals surface area contributed by atoms with Gasteiger partial charge in [0, 0.05) is 11.8 Å². The topological polar surface area (TPSA) is 59.6 Å². The van der Waals surface area contributed by atoms with E-state index in [1.165, 1.54) is 20.3 Å². The van der Waals surface area contributed by atoms with E-state index in [1.807, 2.05) is 0 Å². The number of methoxy groups -OCH3 is 2. The second-order valence-electron chi connectivity index (χ2n) is 5.06. The SMILES string of the molecule is COc1ccc(NC(=O)N[C@@H](C)c2ccc(F)c(F)c2)cc1OC. The molecule has 0 aliphatic heterocycles. The molecule has 5 nitrogen and oxygen atoms in total. The summed E-state index contributed by atoms with van der Waals surface area (Å²) in [4.78, 5) is 12.0. The van der Waals surface area contributed by atoms with Gasteiger partial charge < -0.3 is 20.1 Å². The first-order valence-corrected chi connectivity index (χ1v) is 7.19. The minimum Gasteiger partial charge on any atom is -0.493 e. The van der Waals surface area contributed by atoms with E-state index < -0.39 is 23.7 Å². The van der Waals surface area contributed by atoms with Gasteiger partial charge in [0.2, 0.25) is 0 Å². The van der Waals surface area contributed by atoms with Crippen molar-refractivity contribution >= 4 is 11.7 Å². The van der Waals surface area contributed by atoms with Crippen LogP contribution in [0.15, 0.2) is 36.4 Å². The zero-order chi connectivity index (χ0) is 17.7. The van der Waals surface area contributed by atoms with E-state index >= 15 is 0 Å². The highest BCUT2D eigenvalue weighted by Crippen LogP contribution is 2.29. The molecule has 2 N–H and O–H groups in total. The van der Waals surface area contributed by atoms with Gasteiger partial charge in [0.1, 0.15) is 0 Å². The minimum atomic E-state index is -0.957. The van der Waals surface area contributed by atoms with Crippen LogP contribution in [0, 0.1) is 11.6 Å². The quantitative estimate of drug-likeness (QED) is 0.871. The Morgan fingerprint density at radius 1 is 1.00 bits per heavy atom. The number of anilines is 1. The largest absolute Gasteiger partial charge is 0.493 e. The number of rotatable bonds is 5. The first-order valence-electron chi connectivity index (χ1n) is 7.19. The summed E-state index contributed by atoms with van der Waals surface area (Å²) in [5.74, 6) is -0.871. The molecule has 2 rings (SSSR count). The average Bonchev–Trinajstić information content (AvgIpc) is 2.56. The number of urea groups is 1. The molecule has 0 aliphatic rings. The van der Waals surface area contributed by atoms with Crippen molar-refractivity contribution in [3.8, 4) is 11.5 Å². The summed E-state index contributed by atoms with van der Waals surface area (Å²) < 4.78 is 36.5. The molecule has 0 bridgehead atoms. The van der Waals surface area contributed by atoms with Crippen molar-refractivity contribution in [1.29, 1.82) is 0 Å². The molecule has 2 amide bonds. The molecule has 0 saturated carbocycles. The molecule has 0 spiro atoms. The maximum Gasteiger partial charge on any atom is 0.319 e. The summed E-state index contributed by atoms with van der Waals surface area (Å²) in [7, 11) is 3.01. The summed E-state index contributed by atoms with van der Waals surface area (Å²) in [6, 6.07) is 7.43. The Bertz CT molecular complexity index is 738. The van der Waals surface area contributed by atoms with Crippen molar-refractivity contribution in [1.82, 2.24) is 5.32 Å². The van der Waals surface area contributed by atoms with Gasteiger partial charge in [-0.3, -0.25) is 0 Å². The molecule has 7 heteroatoms. The van der Waals surface area contributed by atoms with Crippen LogP contribution in [0.3, 0.4) is 0 Å². The molecule has 0 radical (unpaired) electrons. The molecule has 0 aromatic heterocycles. The maximum atomic E-state index is 13.2. The Morgan fingerprint density at radius 2 is 1.71 bits per heavy atom. The van der Waals surface area contributed by atoms with Crippen LogP contribution in [0.1, 0.15) is 18.5 Å². The van der Waals surface area contributed by atoms with E-state index in [2.05, 4.69) is 10.6 Å². The van der Waals surface area contributed by atoms with Crippen LogP contribution in [0.5, 0.6) is 11.5 Å². The predicted molar refractivity (Wildman–Crippen MR) is 86.5 cm³/mol. The summed E-state index contributed by atoms with van der Waals surface area (Å²) >= 11 is 0. The number of nitrogens with one attached hydrogen (secondary N) is 2. The maximum absolute atomic E-state index is 13.2. The lowest BCUT2D eigenvalue weighted by atomic mass is 10.1. The van der Waals surface area contributed by atoms with Crippen LogP contribution in [0.2, 0.25) is 0 Å². The molecular weight excluding hydrogens is 318 g/mol. The van der Waals surface area contributed by atoms with Crippen LogP contribution in [-0.4, -0.2) is 20.3 Å². The van der Waals surface area contributed by atoms with E-state index in [-0.39, 0.29) is 0 Å². The lowest BCUT2D eigenvalue weighted by Gasteiger charge is -2.16. The third-order valence-corrected chi connectivity index (χ3v) is 3.43. The Morgan fingerprint density at radius 3 is 2.33 bits per heavy atom. The fraction of sp³-hybridized carbons (Fsp3) is 0.235. The fourth-order valence-corrected chi connectivity index (χ4v) is 2.14. The van der Waals surface area contributed by atoms with Gasteiger partial charge in [0.05, 0.1) is 20.3 Å². The monoisotopic (exact) mass is 336 g/mol. The smallest absolute Gasteiger partial charge is 0.319 e. The lowest BCUT2D eigenvalue weighted by Crippen LogP contribution is -2.31. The van der Waals surface area contributed by atoms with E-state index in [1.54, 1.807) is 25.1 Å². The molecule has 2 aromatic rings. The van der Waals surface area contributed by atoms with Crippen molar-refractivity contribution in [3.63, 3.8) is 0 Å².